The Hall–Kier alpha value is -1.83. The van der Waals surface area contributed by atoms with Crippen LogP contribution in [0.1, 0.15) is 12.5 Å². The zero-order chi connectivity index (χ0) is 17.8. The van der Waals surface area contributed by atoms with Gasteiger partial charge in [-0.3, -0.25) is 14.6 Å². The fraction of sp³-hybridized carbons (Fsp3) is 0.389. The highest BCUT2D eigenvalue weighted by Gasteiger charge is 2.26. The molecule has 1 aromatic heterocycles. The van der Waals surface area contributed by atoms with E-state index in [9.17, 15) is 13.6 Å². The lowest BCUT2D eigenvalue weighted by molar-refractivity contribution is -0.121. The monoisotopic (exact) mass is 365 g/mol. The van der Waals surface area contributed by atoms with Gasteiger partial charge in [0, 0.05) is 38.8 Å². The van der Waals surface area contributed by atoms with Crippen LogP contribution < -0.4 is 5.32 Å². The fourth-order valence-electron chi connectivity index (χ4n) is 2.94. The molecule has 0 aliphatic carbocycles. The molecule has 1 aliphatic rings. The molecule has 1 N–H and O–H groups in total. The highest BCUT2D eigenvalue weighted by Crippen LogP contribution is 2.17. The van der Waals surface area contributed by atoms with Crippen molar-refractivity contribution in [3.63, 3.8) is 0 Å². The lowest BCUT2D eigenvalue weighted by Crippen LogP contribution is -2.52. The van der Waals surface area contributed by atoms with Crippen LogP contribution in [0.25, 0.3) is 0 Å². The van der Waals surface area contributed by atoms with Gasteiger partial charge in [-0.25, -0.2) is 8.78 Å². The topological polar surface area (TPSA) is 35.6 Å². The average Bonchev–Trinajstić information content (AvgIpc) is 3.10. The van der Waals surface area contributed by atoms with Gasteiger partial charge in [0.05, 0.1) is 11.7 Å². The minimum atomic E-state index is -0.763. The largest absolute Gasteiger partial charge is 0.322 e. The molecule has 134 valence electrons. The maximum absolute atomic E-state index is 13.7. The number of thiophene rings is 1. The summed E-state index contributed by atoms with van der Waals surface area (Å²) in [5.41, 5.74) is 1.32. The number of carbonyl (C=O) groups is 1. The van der Waals surface area contributed by atoms with E-state index < -0.39 is 11.6 Å². The van der Waals surface area contributed by atoms with Crippen LogP contribution >= 0.6 is 11.3 Å². The molecule has 7 heteroatoms. The molecule has 3 rings (SSSR count). The van der Waals surface area contributed by atoms with E-state index in [4.69, 9.17) is 0 Å². The molecule has 1 aliphatic heterocycles. The SMILES string of the molecule is CC(C(=O)Nc1ccc(F)cc1F)N1CCN(Cc2ccsc2)CC1. The van der Waals surface area contributed by atoms with Gasteiger partial charge in [-0.2, -0.15) is 11.3 Å². The van der Waals surface area contributed by atoms with Crippen LogP contribution in [0.5, 0.6) is 0 Å². The molecule has 25 heavy (non-hydrogen) atoms. The smallest absolute Gasteiger partial charge is 0.241 e. The van der Waals surface area contributed by atoms with Crippen molar-refractivity contribution in [2.75, 3.05) is 31.5 Å². The maximum atomic E-state index is 13.7. The van der Waals surface area contributed by atoms with Gasteiger partial charge in [-0.05, 0) is 41.4 Å². The summed E-state index contributed by atoms with van der Waals surface area (Å²) in [6.45, 7) is 6.08. The summed E-state index contributed by atoms with van der Waals surface area (Å²) >= 11 is 1.70. The van der Waals surface area contributed by atoms with Gasteiger partial charge in [-0.1, -0.05) is 0 Å². The van der Waals surface area contributed by atoms with Gasteiger partial charge >= 0.3 is 0 Å². The van der Waals surface area contributed by atoms with Gasteiger partial charge in [0.15, 0.2) is 0 Å². The lowest BCUT2D eigenvalue weighted by atomic mass is 10.2. The third-order valence-corrected chi connectivity index (χ3v) is 5.24. The Kier molecular flexibility index (Phi) is 5.78. The third kappa shape index (κ3) is 4.62. The van der Waals surface area contributed by atoms with Crippen LogP contribution in [0.3, 0.4) is 0 Å². The van der Waals surface area contributed by atoms with Gasteiger partial charge in [0.25, 0.3) is 0 Å². The molecule has 1 aromatic carbocycles. The summed E-state index contributed by atoms with van der Waals surface area (Å²) < 4.78 is 26.6. The summed E-state index contributed by atoms with van der Waals surface area (Å²) in [5, 5.41) is 6.78. The van der Waals surface area contributed by atoms with Crippen LogP contribution in [-0.4, -0.2) is 47.9 Å². The van der Waals surface area contributed by atoms with E-state index in [1.165, 1.54) is 11.6 Å². The standard InChI is InChI=1S/C18H21F2N3OS/c1-13(18(24)21-17-3-2-15(19)10-16(17)20)23-7-5-22(6-8-23)11-14-4-9-25-12-14/h2-4,9-10,12-13H,5-8,11H2,1H3,(H,21,24). The van der Waals surface area contributed by atoms with Crippen molar-refractivity contribution in [2.24, 2.45) is 0 Å². The fourth-order valence-corrected chi connectivity index (χ4v) is 3.60. The minimum absolute atomic E-state index is 0.00865. The molecule has 1 atom stereocenters. The summed E-state index contributed by atoms with van der Waals surface area (Å²) in [4.78, 5) is 16.8. The third-order valence-electron chi connectivity index (χ3n) is 4.51. The predicted octanol–water partition coefficient (Wildman–Crippen LogP) is 3.17. The number of hydrogen-bond donors (Lipinski definition) is 1. The number of nitrogens with zero attached hydrogens (tertiary/aromatic N) is 2. The van der Waals surface area contributed by atoms with Crippen molar-refractivity contribution in [3.05, 3.63) is 52.2 Å². The summed E-state index contributed by atoms with van der Waals surface area (Å²) in [7, 11) is 0. The Morgan fingerprint density at radius 3 is 2.64 bits per heavy atom. The van der Waals surface area contributed by atoms with Gasteiger partial charge in [0.1, 0.15) is 11.6 Å². The molecule has 4 nitrogen and oxygen atoms in total. The van der Waals surface area contributed by atoms with E-state index in [1.807, 2.05) is 6.92 Å². The molecular weight excluding hydrogens is 344 g/mol. The van der Waals surface area contributed by atoms with Crippen molar-refractivity contribution in [3.8, 4) is 0 Å². The molecule has 1 amide bonds. The molecule has 0 saturated carbocycles. The van der Waals surface area contributed by atoms with E-state index in [2.05, 4.69) is 31.9 Å². The quantitative estimate of drug-likeness (QED) is 0.884. The van der Waals surface area contributed by atoms with Gasteiger partial charge < -0.3 is 5.32 Å². The molecular formula is C18H21F2N3OS. The molecule has 1 saturated heterocycles. The zero-order valence-electron chi connectivity index (χ0n) is 14.0. The second-order valence-corrected chi connectivity index (χ2v) is 7.01. The maximum Gasteiger partial charge on any atom is 0.241 e. The molecule has 1 fully saturated rings. The van der Waals surface area contributed by atoms with Crippen molar-refractivity contribution in [1.82, 2.24) is 9.80 Å². The van der Waals surface area contributed by atoms with Crippen molar-refractivity contribution in [1.29, 1.82) is 0 Å². The molecule has 2 heterocycles. The number of amides is 1. The molecule has 0 bridgehead atoms. The molecule has 2 aromatic rings. The Bertz CT molecular complexity index is 715. The molecule has 0 spiro atoms. The summed E-state index contributed by atoms with van der Waals surface area (Å²) in [6, 6.07) is 4.90. The van der Waals surface area contributed by atoms with Crippen LogP contribution in [0.15, 0.2) is 35.0 Å². The molecule has 1 unspecified atom stereocenters. The number of anilines is 1. The number of benzene rings is 1. The highest BCUT2D eigenvalue weighted by molar-refractivity contribution is 7.07. The average molecular weight is 365 g/mol. The second-order valence-electron chi connectivity index (χ2n) is 6.23. The predicted molar refractivity (Wildman–Crippen MR) is 95.6 cm³/mol. The lowest BCUT2D eigenvalue weighted by Gasteiger charge is -2.37. The first-order valence-corrected chi connectivity index (χ1v) is 9.20. The Morgan fingerprint density at radius 1 is 1.24 bits per heavy atom. The normalized spacial score (nSPS) is 17.4. The van der Waals surface area contributed by atoms with E-state index in [0.29, 0.717) is 0 Å². The van der Waals surface area contributed by atoms with E-state index in [0.717, 1.165) is 44.9 Å². The Labute approximate surface area is 150 Å². The first kappa shape index (κ1) is 18.0. The minimum Gasteiger partial charge on any atom is -0.322 e. The number of rotatable bonds is 5. The first-order valence-electron chi connectivity index (χ1n) is 8.26. The van der Waals surface area contributed by atoms with E-state index >= 15 is 0 Å². The zero-order valence-corrected chi connectivity index (χ0v) is 14.9. The van der Waals surface area contributed by atoms with Crippen molar-refractivity contribution in [2.45, 2.75) is 19.5 Å². The van der Waals surface area contributed by atoms with Crippen molar-refractivity contribution < 1.29 is 13.6 Å². The Balaban J connectivity index is 1.51. The van der Waals surface area contributed by atoms with E-state index in [1.54, 1.807) is 11.3 Å². The number of piperazine rings is 1. The van der Waals surface area contributed by atoms with Crippen LogP contribution in [0.4, 0.5) is 14.5 Å². The summed E-state index contributed by atoms with van der Waals surface area (Å²) in [5.74, 6) is -1.71. The van der Waals surface area contributed by atoms with Crippen LogP contribution in [0.2, 0.25) is 0 Å². The number of halogens is 2. The molecule has 0 radical (unpaired) electrons. The van der Waals surface area contributed by atoms with Gasteiger partial charge in [0.2, 0.25) is 5.91 Å². The van der Waals surface area contributed by atoms with E-state index in [-0.39, 0.29) is 17.6 Å². The summed E-state index contributed by atoms with van der Waals surface area (Å²) in [6.07, 6.45) is 0. The second kappa shape index (κ2) is 8.03. The number of hydrogen-bond acceptors (Lipinski definition) is 4. The van der Waals surface area contributed by atoms with Crippen LogP contribution in [-0.2, 0) is 11.3 Å². The van der Waals surface area contributed by atoms with Crippen LogP contribution in [0, 0.1) is 11.6 Å². The van der Waals surface area contributed by atoms with Gasteiger partial charge in [-0.15, -0.1) is 0 Å². The first-order chi connectivity index (χ1) is 12.0. The number of nitrogens with one attached hydrogen (secondary N) is 1. The highest BCUT2D eigenvalue weighted by atomic mass is 32.1. The number of carbonyl (C=O) groups excluding carboxylic acids is 1. The van der Waals surface area contributed by atoms with Crippen molar-refractivity contribution >= 4 is 22.9 Å². The Morgan fingerprint density at radius 2 is 2.00 bits per heavy atom.